The maximum Gasteiger partial charge on any atom is 0.291 e. The Balaban J connectivity index is 1.81. The number of aryl methyl sites for hydroxylation is 1. The van der Waals surface area contributed by atoms with E-state index in [1.165, 1.54) is 5.56 Å². The van der Waals surface area contributed by atoms with E-state index in [-0.39, 0.29) is 5.91 Å². The minimum absolute atomic E-state index is 0.260. The predicted octanol–water partition coefficient (Wildman–Crippen LogP) is 5.24. The number of anilines is 2. The molecule has 0 aliphatic rings. The molecule has 4 nitrogen and oxygen atoms in total. The van der Waals surface area contributed by atoms with Gasteiger partial charge in [-0.25, -0.2) is 0 Å². The second-order valence-electron chi connectivity index (χ2n) is 5.88. The average Bonchev–Trinajstić information content (AvgIpc) is 2.94. The lowest BCUT2D eigenvalue weighted by atomic mass is 10.2. The van der Waals surface area contributed by atoms with Crippen molar-refractivity contribution in [1.82, 2.24) is 0 Å². The molecule has 0 fully saturated rings. The van der Waals surface area contributed by atoms with Gasteiger partial charge >= 0.3 is 0 Å². The molecule has 1 aromatic heterocycles. The second kappa shape index (κ2) is 7.57. The largest absolute Gasteiger partial charge is 0.444 e. The topological polar surface area (TPSA) is 45.5 Å². The zero-order chi connectivity index (χ0) is 17.8. The molecule has 1 amide bonds. The van der Waals surface area contributed by atoms with Gasteiger partial charge in [-0.05, 0) is 46.6 Å². The number of hydrogen-bond donors (Lipinski definition) is 1. The van der Waals surface area contributed by atoms with Crippen LogP contribution < -0.4 is 10.2 Å². The Kier molecular flexibility index (Phi) is 5.24. The predicted molar refractivity (Wildman–Crippen MR) is 104 cm³/mol. The Labute approximate surface area is 155 Å². The van der Waals surface area contributed by atoms with Crippen LogP contribution in [0.1, 0.15) is 21.7 Å². The number of hydrogen-bond acceptors (Lipinski definition) is 3. The summed E-state index contributed by atoms with van der Waals surface area (Å²) in [6.45, 7) is 2.59. The van der Waals surface area contributed by atoms with E-state index in [1.54, 1.807) is 6.07 Å². The van der Waals surface area contributed by atoms with Gasteiger partial charge < -0.3 is 14.6 Å². The van der Waals surface area contributed by atoms with Gasteiger partial charge in [0.05, 0.1) is 11.4 Å². The van der Waals surface area contributed by atoms with Gasteiger partial charge in [0.15, 0.2) is 10.4 Å². The molecule has 25 heavy (non-hydrogen) atoms. The first-order valence-corrected chi connectivity index (χ1v) is 8.75. The van der Waals surface area contributed by atoms with Crippen LogP contribution in [0.5, 0.6) is 0 Å². The van der Waals surface area contributed by atoms with Crippen LogP contribution in [0.3, 0.4) is 0 Å². The lowest BCUT2D eigenvalue weighted by molar-refractivity contribution is 0.0994. The number of para-hydroxylation sites is 2. The Morgan fingerprint density at radius 3 is 2.48 bits per heavy atom. The van der Waals surface area contributed by atoms with Gasteiger partial charge in [-0.1, -0.05) is 42.5 Å². The molecule has 0 spiro atoms. The van der Waals surface area contributed by atoms with E-state index in [9.17, 15) is 4.79 Å². The first kappa shape index (κ1) is 17.3. The van der Waals surface area contributed by atoms with Gasteiger partial charge in [0, 0.05) is 19.2 Å². The molecule has 0 atom stereocenters. The van der Waals surface area contributed by atoms with Crippen molar-refractivity contribution in [1.29, 1.82) is 0 Å². The SMILES string of the molecule is Cc1cc(Br)oc1C(=O)Nc1ccccc1N(C)Cc1ccccc1. The summed E-state index contributed by atoms with van der Waals surface area (Å²) in [6.07, 6.45) is 0. The third-order valence-corrected chi connectivity index (χ3v) is 4.31. The van der Waals surface area contributed by atoms with E-state index in [4.69, 9.17) is 4.42 Å². The quantitative estimate of drug-likeness (QED) is 0.638. The van der Waals surface area contributed by atoms with Gasteiger partial charge in [-0.3, -0.25) is 4.79 Å². The van der Waals surface area contributed by atoms with Crippen LogP contribution in [0.25, 0.3) is 0 Å². The normalized spacial score (nSPS) is 10.5. The van der Waals surface area contributed by atoms with Crippen LogP contribution in [0.4, 0.5) is 11.4 Å². The molecular formula is C20H19BrN2O2. The van der Waals surface area contributed by atoms with Crippen molar-refractivity contribution in [3.63, 3.8) is 0 Å². The summed E-state index contributed by atoms with van der Waals surface area (Å²) < 4.78 is 5.98. The maximum absolute atomic E-state index is 12.5. The van der Waals surface area contributed by atoms with Gasteiger partial charge in [-0.15, -0.1) is 0 Å². The minimum atomic E-state index is -0.260. The first-order chi connectivity index (χ1) is 12.0. The van der Waals surface area contributed by atoms with E-state index in [1.807, 2.05) is 56.4 Å². The van der Waals surface area contributed by atoms with Gasteiger partial charge in [-0.2, -0.15) is 0 Å². The molecule has 0 saturated heterocycles. The average molecular weight is 399 g/mol. The summed E-state index contributed by atoms with van der Waals surface area (Å²) in [5, 5.41) is 2.95. The maximum atomic E-state index is 12.5. The van der Waals surface area contributed by atoms with Gasteiger partial charge in [0.25, 0.3) is 5.91 Å². The Morgan fingerprint density at radius 2 is 1.80 bits per heavy atom. The van der Waals surface area contributed by atoms with Crippen molar-refractivity contribution in [2.75, 3.05) is 17.3 Å². The van der Waals surface area contributed by atoms with Crippen LogP contribution in [-0.4, -0.2) is 13.0 Å². The number of amides is 1. The number of nitrogens with zero attached hydrogens (tertiary/aromatic N) is 1. The molecule has 3 aromatic rings. The van der Waals surface area contributed by atoms with Gasteiger partial charge in [0.1, 0.15) is 0 Å². The molecule has 0 unspecified atom stereocenters. The molecule has 2 aromatic carbocycles. The number of carbonyl (C=O) groups excluding carboxylic acids is 1. The van der Waals surface area contributed by atoms with Crippen LogP contribution >= 0.6 is 15.9 Å². The third-order valence-electron chi connectivity index (χ3n) is 3.92. The highest BCUT2D eigenvalue weighted by atomic mass is 79.9. The summed E-state index contributed by atoms with van der Waals surface area (Å²) in [6, 6.07) is 19.7. The van der Waals surface area contributed by atoms with E-state index in [0.717, 1.165) is 23.5 Å². The number of benzene rings is 2. The summed E-state index contributed by atoms with van der Waals surface area (Å²) >= 11 is 3.26. The van der Waals surface area contributed by atoms with Crippen LogP contribution in [0, 0.1) is 6.92 Å². The highest BCUT2D eigenvalue weighted by Gasteiger charge is 2.17. The summed E-state index contributed by atoms with van der Waals surface area (Å²) in [5.74, 6) is 0.0520. The number of carbonyl (C=O) groups is 1. The molecule has 3 rings (SSSR count). The highest BCUT2D eigenvalue weighted by molar-refractivity contribution is 9.10. The number of rotatable bonds is 5. The molecule has 0 radical (unpaired) electrons. The van der Waals surface area contributed by atoms with Gasteiger partial charge in [0.2, 0.25) is 0 Å². The van der Waals surface area contributed by atoms with E-state index in [2.05, 4.69) is 38.3 Å². The highest BCUT2D eigenvalue weighted by Crippen LogP contribution is 2.27. The molecule has 1 heterocycles. The Hall–Kier alpha value is -2.53. The standard InChI is InChI=1S/C20H19BrN2O2/c1-14-12-18(21)25-19(14)20(24)22-16-10-6-7-11-17(16)23(2)13-15-8-4-3-5-9-15/h3-12H,13H2,1-2H3,(H,22,24). The molecule has 0 saturated carbocycles. The minimum Gasteiger partial charge on any atom is -0.444 e. The van der Waals surface area contributed by atoms with Crippen molar-refractivity contribution in [3.8, 4) is 0 Å². The van der Waals surface area contributed by atoms with E-state index in [0.29, 0.717) is 10.4 Å². The molecule has 128 valence electrons. The lowest BCUT2D eigenvalue weighted by Crippen LogP contribution is -2.20. The fourth-order valence-electron chi connectivity index (χ4n) is 2.70. The number of furan rings is 1. The Bertz CT molecular complexity index is 874. The second-order valence-corrected chi connectivity index (χ2v) is 6.66. The van der Waals surface area contributed by atoms with Crippen LogP contribution in [0.15, 0.2) is 69.8 Å². The summed E-state index contributed by atoms with van der Waals surface area (Å²) in [5.41, 5.74) is 3.69. The third kappa shape index (κ3) is 4.12. The molecular weight excluding hydrogens is 380 g/mol. The summed E-state index contributed by atoms with van der Waals surface area (Å²) in [7, 11) is 2.01. The van der Waals surface area contributed by atoms with E-state index < -0.39 is 0 Å². The zero-order valence-corrected chi connectivity index (χ0v) is 15.7. The first-order valence-electron chi connectivity index (χ1n) is 7.96. The van der Waals surface area contributed by atoms with E-state index >= 15 is 0 Å². The number of halogens is 1. The monoisotopic (exact) mass is 398 g/mol. The van der Waals surface area contributed by atoms with Crippen molar-refractivity contribution in [2.45, 2.75) is 13.5 Å². The zero-order valence-electron chi connectivity index (χ0n) is 14.1. The molecule has 0 aliphatic carbocycles. The smallest absolute Gasteiger partial charge is 0.291 e. The fraction of sp³-hybridized carbons (Fsp3) is 0.150. The number of nitrogens with one attached hydrogen (secondary N) is 1. The van der Waals surface area contributed by atoms with Crippen molar-refractivity contribution < 1.29 is 9.21 Å². The molecule has 0 aliphatic heterocycles. The molecule has 5 heteroatoms. The summed E-state index contributed by atoms with van der Waals surface area (Å²) in [4.78, 5) is 14.6. The molecule has 1 N–H and O–H groups in total. The molecule has 0 bridgehead atoms. The van der Waals surface area contributed by atoms with Crippen LogP contribution in [0.2, 0.25) is 0 Å². The van der Waals surface area contributed by atoms with Crippen molar-refractivity contribution in [2.24, 2.45) is 0 Å². The van der Waals surface area contributed by atoms with Crippen molar-refractivity contribution >= 4 is 33.2 Å². The van der Waals surface area contributed by atoms with Crippen LogP contribution in [-0.2, 0) is 6.54 Å². The Morgan fingerprint density at radius 1 is 1.12 bits per heavy atom. The van der Waals surface area contributed by atoms with Crippen molar-refractivity contribution in [3.05, 3.63) is 82.2 Å². The lowest BCUT2D eigenvalue weighted by Gasteiger charge is -2.22. The fourth-order valence-corrected chi connectivity index (χ4v) is 3.21.